The van der Waals surface area contributed by atoms with Crippen LogP contribution < -0.4 is 5.32 Å². The van der Waals surface area contributed by atoms with Crippen molar-refractivity contribution in [2.45, 2.75) is 45.8 Å². The highest BCUT2D eigenvalue weighted by molar-refractivity contribution is 5.17. The molecule has 0 fully saturated rings. The van der Waals surface area contributed by atoms with E-state index < -0.39 is 11.6 Å². The highest BCUT2D eigenvalue weighted by atomic mass is 19.1. The first-order chi connectivity index (χ1) is 9.83. The van der Waals surface area contributed by atoms with E-state index in [0.29, 0.717) is 30.9 Å². The highest BCUT2D eigenvalue weighted by Gasteiger charge is 2.12. The summed E-state index contributed by atoms with van der Waals surface area (Å²) in [6, 6.07) is 3.50. The maximum absolute atomic E-state index is 13.1. The molecule has 1 aromatic carbocycles. The van der Waals surface area contributed by atoms with Gasteiger partial charge in [0.25, 0.3) is 0 Å². The zero-order chi connectivity index (χ0) is 15.5. The predicted octanol–water partition coefficient (Wildman–Crippen LogP) is 2.08. The van der Waals surface area contributed by atoms with Gasteiger partial charge in [-0.1, -0.05) is 0 Å². The van der Waals surface area contributed by atoms with Crippen LogP contribution in [0.15, 0.2) is 18.2 Å². The Hall–Kier alpha value is -1.89. The van der Waals surface area contributed by atoms with Crippen LogP contribution in [-0.4, -0.2) is 25.7 Å². The van der Waals surface area contributed by atoms with Gasteiger partial charge in [-0.15, -0.1) is 5.10 Å². The number of nitrogens with one attached hydrogen (secondary N) is 1. The molecule has 0 aliphatic carbocycles. The molecule has 1 N–H and O–H groups in total. The molecular weight excluding hydrogens is 276 g/mol. The first-order valence-corrected chi connectivity index (χ1v) is 6.78. The summed E-state index contributed by atoms with van der Waals surface area (Å²) in [7, 11) is 0. The summed E-state index contributed by atoms with van der Waals surface area (Å²) in [5, 5.41) is 14.8. The third-order valence-electron chi connectivity index (χ3n) is 2.92. The maximum Gasteiger partial charge on any atom is 0.165 e. The van der Waals surface area contributed by atoms with Crippen molar-refractivity contribution in [2.24, 2.45) is 0 Å². The van der Waals surface area contributed by atoms with E-state index in [0.717, 1.165) is 6.07 Å². The van der Waals surface area contributed by atoms with Gasteiger partial charge in [-0.2, -0.15) is 0 Å². The first-order valence-electron chi connectivity index (χ1n) is 6.78. The Labute approximate surface area is 122 Å². The third kappa shape index (κ3) is 4.86. The SMILES string of the molecule is CC(C)(C)NCc1nnnn1CCc1cc(F)cc(F)c1. The molecule has 2 aromatic rings. The molecule has 0 amide bonds. The number of benzene rings is 1. The van der Waals surface area contributed by atoms with Crippen LogP contribution in [-0.2, 0) is 19.5 Å². The summed E-state index contributed by atoms with van der Waals surface area (Å²) in [5.74, 6) is -0.450. The monoisotopic (exact) mass is 295 g/mol. The highest BCUT2D eigenvalue weighted by Crippen LogP contribution is 2.10. The van der Waals surface area contributed by atoms with Crippen molar-refractivity contribution in [1.82, 2.24) is 25.5 Å². The average Bonchev–Trinajstić information content (AvgIpc) is 2.79. The molecule has 0 saturated carbocycles. The Morgan fingerprint density at radius 3 is 2.43 bits per heavy atom. The van der Waals surface area contributed by atoms with Gasteiger partial charge in [0.1, 0.15) is 11.6 Å². The van der Waals surface area contributed by atoms with Crippen molar-refractivity contribution in [3.63, 3.8) is 0 Å². The lowest BCUT2D eigenvalue weighted by Gasteiger charge is -2.19. The molecule has 0 unspecified atom stereocenters. The summed E-state index contributed by atoms with van der Waals surface area (Å²) < 4.78 is 27.9. The molecular formula is C14H19F2N5. The van der Waals surface area contributed by atoms with E-state index in [1.54, 1.807) is 4.68 Å². The molecule has 0 radical (unpaired) electrons. The summed E-state index contributed by atoms with van der Waals surface area (Å²) in [5.41, 5.74) is 0.542. The molecule has 2 rings (SSSR count). The minimum atomic E-state index is -0.573. The van der Waals surface area contributed by atoms with Crippen molar-refractivity contribution >= 4 is 0 Å². The van der Waals surface area contributed by atoms with E-state index >= 15 is 0 Å². The van der Waals surface area contributed by atoms with Crippen LogP contribution in [0.5, 0.6) is 0 Å². The molecule has 114 valence electrons. The van der Waals surface area contributed by atoms with Crippen molar-refractivity contribution in [2.75, 3.05) is 0 Å². The average molecular weight is 295 g/mol. The normalized spacial score (nSPS) is 11.9. The van der Waals surface area contributed by atoms with Gasteiger partial charge in [-0.3, -0.25) is 0 Å². The smallest absolute Gasteiger partial charge is 0.165 e. The molecule has 1 aromatic heterocycles. The lowest BCUT2D eigenvalue weighted by atomic mass is 10.1. The van der Waals surface area contributed by atoms with Gasteiger partial charge in [0.2, 0.25) is 0 Å². The van der Waals surface area contributed by atoms with Crippen LogP contribution in [0.2, 0.25) is 0 Å². The van der Waals surface area contributed by atoms with Crippen molar-refractivity contribution in [3.8, 4) is 0 Å². The topological polar surface area (TPSA) is 55.6 Å². The Balaban J connectivity index is 1.99. The molecule has 1 heterocycles. The van der Waals surface area contributed by atoms with Gasteiger partial charge in [0.05, 0.1) is 6.54 Å². The maximum atomic E-state index is 13.1. The molecule has 0 saturated heterocycles. The van der Waals surface area contributed by atoms with Crippen LogP contribution in [0.3, 0.4) is 0 Å². The fraction of sp³-hybridized carbons (Fsp3) is 0.500. The molecule has 0 atom stereocenters. The first kappa shape index (κ1) is 15.5. The van der Waals surface area contributed by atoms with Crippen LogP contribution in [0.25, 0.3) is 0 Å². The van der Waals surface area contributed by atoms with Crippen molar-refractivity contribution in [3.05, 3.63) is 41.2 Å². The van der Waals surface area contributed by atoms with Gasteiger partial charge >= 0.3 is 0 Å². The van der Waals surface area contributed by atoms with Crippen molar-refractivity contribution < 1.29 is 8.78 Å². The van der Waals surface area contributed by atoms with E-state index in [1.165, 1.54) is 12.1 Å². The lowest BCUT2D eigenvalue weighted by molar-refractivity contribution is 0.407. The van der Waals surface area contributed by atoms with Gasteiger partial charge in [0, 0.05) is 18.2 Å². The number of tetrazole rings is 1. The minimum absolute atomic E-state index is 0.0392. The molecule has 0 aliphatic rings. The molecule has 7 heteroatoms. The number of halogens is 2. The molecule has 5 nitrogen and oxygen atoms in total. The Morgan fingerprint density at radius 2 is 1.81 bits per heavy atom. The second-order valence-electron chi connectivity index (χ2n) is 5.95. The van der Waals surface area contributed by atoms with Gasteiger partial charge < -0.3 is 5.32 Å². The van der Waals surface area contributed by atoms with Gasteiger partial charge in [-0.25, -0.2) is 13.5 Å². The number of aromatic nitrogens is 4. The zero-order valence-corrected chi connectivity index (χ0v) is 12.4. The van der Waals surface area contributed by atoms with Crippen LogP contribution in [0.1, 0.15) is 32.2 Å². The Morgan fingerprint density at radius 1 is 1.14 bits per heavy atom. The second-order valence-corrected chi connectivity index (χ2v) is 5.95. The van der Waals surface area contributed by atoms with Gasteiger partial charge in [-0.05, 0) is 55.3 Å². The standard InChI is InChI=1S/C14H19F2N5/c1-14(2,3)17-9-13-18-19-20-21(13)5-4-10-6-11(15)8-12(16)7-10/h6-8,17H,4-5,9H2,1-3H3. The number of hydrogen-bond acceptors (Lipinski definition) is 4. The predicted molar refractivity (Wildman–Crippen MR) is 74.5 cm³/mol. The number of aryl methyl sites for hydroxylation is 2. The van der Waals surface area contributed by atoms with Crippen molar-refractivity contribution in [1.29, 1.82) is 0 Å². The van der Waals surface area contributed by atoms with E-state index in [1.807, 2.05) is 0 Å². The Bertz CT molecular complexity index is 583. The van der Waals surface area contributed by atoms with E-state index in [2.05, 4.69) is 41.6 Å². The van der Waals surface area contributed by atoms with Gasteiger partial charge in [0.15, 0.2) is 5.82 Å². The largest absolute Gasteiger partial charge is 0.305 e. The van der Waals surface area contributed by atoms with E-state index in [9.17, 15) is 8.78 Å². The van der Waals surface area contributed by atoms with Crippen LogP contribution >= 0.6 is 0 Å². The quantitative estimate of drug-likeness (QED) is 0.917. The Kier molecular flexibility index (Phi) is 4.62. The fourth-order valence-corrected chi connectivity index (χ4v) is 1.86. The third-order valence-corrected chi connectivity index (χ3v) is 2.92. The fourth-order valence-electron chi connectivity index (χ4n) is 1.86. The molecule has 0 bridgehead atoms. The molecule has 21 heavy (non-hydrogen) atoms. The zero-order valence-electron chi connectivity index (χ0n) is 12.4. The molecule has 0 aliphatic heterocycles. The lowest BCUT2D eigenvalue weighted by Crippen LogP contribution is -2.36. The van der Waals surface area contributed by atoms with E-state index in [-0.39, 0.29) is 5.54 Å². The summed E-state index contributed by atoms with van der Waals surface area (Å²) >= 11 is 0. The van der Waals surface area contributed by atoms with Crippen LogP contribution in [0.4, 0.5) is 8.78 Å². The summed E-state index contributed by atoms with van der Waals surface area (Å²) in [4.78, 5) is 0. The number of rotatable bonds is 5. The van der Waals surface area contributed by atoms with E-state index in [4.69, 9.17) is 0 Å². The summed E-state index contributed by atoms with van der Waals surface area (Å²) in [6.45, 7) is 7.16. The number of hydrogen-bond donors (Lipinski definition) is 1. The summed E-state index contributed by atoms with van der Waals surface area (Å²) in [6.07, 6.45) is 0.461. The number of nitrogens with zero attached hydrogens (tertiary/aromatic N) is 4. The minimum Gasteiger partial charge on any atom is -0.305 e. The second kappa shape index (κ2) is 6.26. The van der Waals surface area contributed by atoms with Crippen LogP contribution in [0, 0.1) is 11.6 Å². The molecule has 0 spiro atoms.